The van der Waals surface area contributed by atoms with Crippen molar-refractivity contribution in [1.29, 1.82) is 0 Å². The third-order valence-electron chi connectivity index (χ3n) is 4.38. The van der Waals surface area contributed by atoms with Gasteiger partial charge in [-0.3, -0.25) is 14.9 Å². The minimum atomic E-state index is -0.513. The Morgan fingerprint density at radius 3 is 2.69 bits per heavy atom. The van der Waals surface area contributed by atoms with Crippen LogP contribution < -0.4 is 15.4 Å². The molecule has 0 saturated carbocycles. The van der Waals surface area contributed by atoms with Crippen molar-refractivity contribution in [3.05, 3.63) is 34.8 Å². The van der Waals surface area contributed by atoms with Crippen molar-refractivity contribution in [2.45, 2.75) is 38.3 Å². The molecule has 0 fully saturated rings. The van der Waals surface area contributed by atoms with Gasteiger partial charge in [-0.2, -0.15) is 10.2 Å². The highest BCUT2D eigenvalue weighted by molar-refractivity contribution is 7.13. The quantitative estimate of drug-likeness (QED) is 0.608. The molecular weight excluding hydrogens is 390 g/mol. The second-order valence-electron chi connectivity index (χ2n) is 6.60. The van der Waals surface area contributed by atoms with E-state index >= 15 is 0 Å². The molecule has 0 radical (unpaired) electrons. The predicted octanol–water partition coefficient (Wildman–Crippen LogP) is 4.01. The van der Waals surface area contributed by atoms with Crippen molar-refractivity contribution in [3.63, 3.8) is 0 Å². The third-order valence-corrected chi connectivity index (χ3v) is 5.26. The summed E-state index contributed by atoms with van der Waals surface area (Å²) in [4.78, 5) is 29.1. The lowest BCUT2D eigenvalue weighted by molar-refractivity contribution is -0.116. The van der Waals surface area contributed by atoms with E-state index in [1.165, 1.54) is 18.4 Å². The van der Waals surface area contributed by atoms with Crippen LogP contribution in [0.2, 0.25) is 0 Å². The Morgan fingerprint density at radius 1 is 1.28 bits per heavy atom. The van der Waals surface area contributed by atoms with Crippen LogP contribution in [0, 0.1) is 19.3 Å². The van der Waals surface area contributed by atoms with Crippen LogP contribution in [0.5, 0.6) is 5.75 Å². The van der Waals surface area contributed by atoms with Gasteiger partial charge in [-0.05, 0) is 25.1 Å². The maximum Gasteiger partial charge on any atom is 0.257 e. The van der Waals surface area contributed by atoms with Crippen LogP contribution in [0.25, 0.3) is 0 Å². The van der Waals surface area contributed by atoms with Crippen LogP contribution in [0.4, 0.5) is 10.8 Å². The predicted molar refractivity (Wildman–Crippen MR) is 111 cm³/mol. The molecule has 1 aliphatic heterocycles. The molecule has 0 bridgehead atoms. The number of thiazole rings is 1. The van der Waals surface area contributed by atoms with E-state index in [4.69, 9.17) is 11.2 Å². The van der Waals surface area contributed by atoms with E-state index in [0.29, 0.717) is 41.4 Å². The standard InChI is InChI=1S/C20H21N5O3S/c1-4-5-9-20(24-25-20)10-8-17(26)22-15-11-14(6-7-16(15)28-3)18(27)23-19-21-13(2)12-29-19/h1,6-7,11-12H,5,8-10H2,2-3H3,(H,22,26)(H,21,23,27). The second-order valence-corrected chi connectivity index (χ2v) is 7.46. The fourth-order valence-corrected chi connectivity index (χ4v) is 3.41. The average molecular weight is 411 g/mol. The smallest absolute Gasteiger partial charge is 0.257 e. The summed E-state index contributed by atoms with van der Waals surface area (Å²) in [6.07, 6.45) is 7.22. The molecule has 2 aromatic rings. The van der Waals surface area contributed by atoms with Gasteiger partial charge in [0.2, 0.25) is 5.91 Å². The fraction of sp³-hybridized carbons (Fsp3) is 0.350. The van der Waals surface area contributed by atoms with Crippen LogP contribution in [-0.4, -0.2) is 29.6 Å². The molecule has 0 saturated heterocycles. The number of aromatic nitrogens is 1. The number of rotatable bonds is 9. The van der Waals surface area contributed by atoms with Crippen LogP contribution in [-0.2, 0) is 4.79 Å². The van der Waals surface area contributed by atoms with Gasteiger partial charge in [0.1, 0.15) is 5.75 Å². The van der Waals surface area contributed by atoms with Crippen molar-refractivity contribution in [2.75, 3.05) is 17.7 Å². The molecule has 0 unspecified atom stereocenters. The fourth-order valence-electron chi connectivity index (χ4n) is 2.72. The Bertz CT molecular complexity index is 986. The van der Waals surface area contributed by atoms with E-state index in [9.17, 15) is 9.59 Å². The Kier molecular flexibility index (Phi) is 6.24. The van der Waals surface area contributed by atoms with Crippen molar-refractivity contribution in [1.82, 2.24) is 4.98 Å². The number of amides is 2. The number of nitrogens with one attached hydrogen (secondary N) is 2. The van der Waals surface area contributed by atoms with Gasteiger partial charge in [-0.15, -0.1) is 23.7 Å². The first-order valence-corrected chi connectivity index (χ1v) is 9.91. The first-order valence-electron chi connectivity index (χ1n) is 9.03. The number of hydrogen-bond acceptors (Lipinski definition) is 7. The SMILES string of the molecule is C#CCCC1(CCC(=O)Nc2cc(C(=O)Nc3nc(C)cs3)ccc2OC)N=N1. The maximum absolute atomic E-state index is 12.5. The molecule has 1 aliphatic rings. The van der Waals surface area contributed by atoms with Crippen LogP contribution >= 0.6 is 11.3 Å². The van der Waals surface area contributed by atoms with Gasteiger partial charge >= 0.3 is 0 Å². The van der Waals surface area contributed by atoms with Gasteiger partial charge in [-0.1, -0.05) is 0 Å². The van der Waals surface area contributed by atoms with Gasteiger partial charge in [0.05, 0.1) is 18.5 Å². The lowest BCUT2D eigenvalue weighted by Gasteiger charge is -2.13. The molecule has 1 aromatic heterocycles. The zero-order valence-electron chi connectivity index (χ0n) is 16.2. The van der Waals surface area contributed by atoms with E-state index in [1.807, 2.05) is 12.3 Å². The van der Waals surface area contributed by atoms with E-state index in [0.717, 1.165) is 5.69 Å². The summed E-state index contributed by atoms with van der Waals surface area (Å²) >= 11 is 1.35. The Hall–Kier alpha value is -3.25. The minimum Gasteiger partial charge on any atom is -0.495 e. The summed E-state index contributed by atoms with van der Waals surface area (Å²) in [5.74, 6) is 2.49. The summed E-state index contributed by atoms with van der Waals surface area (Å²) in [5, 5.41) is 16.0. The minimum absolute atomic E-state index is 0.214. The molecule has 8 nitrogen and oxygen atoms in total. The Balaban J connectivity index is 1.63. The number of ether oxygens (including phenoxy) is 1. The zero-order chi connectivity index (χ0) is 20.9. The average Bonchev–Trinajstić information content (AvgIpc) is 3.38. The van der Waals surface area contributed by atoms with Gasteiger partial charge < -0.3 is 10.1 Å². The zero-order valence-corrected chi connectivity index (χ0v) is 17.0. The highest BCUT2D eigenvalue weighted by Gasteiger charge is 2.39. The van der Waals surface area contributed by atoms with Crippen molar-refractivity contribution < 1.29 is 14.3 Å². The highest BCUT2D eigenvalue weighted by atomic mass is 32.1. The molecular formula is C20H21N5O3S. The lowest BCUT2D eigenvalue weighted by atomic mass is 10.0. The summed E-state index contributed by atoms with van der Waals surface area (Å²) in [6, 6.07) is 4.84. The normalized spacial score (nSPS) is 13.4. The number of carbonyl (C=O) groups is 2. The van der Waals surface area contributed by atoms with E-state index < -0.39 is 5.66 Å². The Labute approximate surface area is 172 Å². The summed E-state index contributed by atoms with van der Waals surface area (Å²) in [6.45, 7) is 1.85. The van der Waals surface area contributed by atoms with Crippen LogP contribution in [0.3, 0.4) is 0 Å². The molecule has 3 rings (SSSR count). The molecule has 9 heteroatoms. The number of terminal acetylenes is 1. The van der Waals surface area contributed by atoms with Gasteiger partial charge in [0.25, 0.3) is 5.91 Å². The van der Waals surface area contributed by atoms with Crippen LogP contribution in [0.15, 0.2) is 33.8 Å². The molecule has 29 heavy (non-hydrogen) atoms. The monoisotopic (exact) mass is 411 g/mol. The molecule has 0 spiro atoms. The number of benzene rings is 1. The maximum atomic E-state index is 12.5. The van der Waals surface area contributed by atoms with E-state index in [2.05, 4.69) is 31.8 Å². The lowest BCUT2D eigenvalue weighted by Crippen LogP contribution is -2.18. The topological polar surface area (TPSA) is 105 Å². The molecule has 2 heterocycles. The summed E-state index contributed by atoms with van der Waals surface area (Å²) in [5.41, 5.74) is 1.12. The Morgan fingerprint density at radius 2 is 2.07 bits per heavy atom. The molecule has 150 valence electrons. The van der Waals surface area contributed by atoms with Gasteiger partial charge in [0.15, 0.2) is 10.8 Å². The molecule has 2 N–H and O–H groups in total. The number of hydrogen-bond donors (Lipinski definition) is 2. The number of aryl methyl sites for hydroxylation is 1. The van der Waals surface area contributed by atoms with Crippen molar-refractivity contribution in [3.8, 4) is 18.1 Å². The summed E-state index contributed by atoms with van der Waals surface area (Å²) in [7, 11) is 1.50. The second kappa shape index (κ2) is 8.84. The van der Waals surface area contributed by atoms with E-state index in [-0.39, 0.29) is 18.2 Å². The molecule has 0 aliphatic carbocycles. The number of nitrogens with zero attached hydrogens (tertiary/aromatic N) is 3. The van der Waals surface area contributed by atoms with Crippen molar-refractivity contribution in [2.24, 2.45) is 10.2 Å². The molecule has 1 aromatic carbocycles. The van der Waals surface area contributed by atoms with Crippen LogP contribution in [0.1, 0.15) is 41.7 Å². The summed E-state index contributed by atoms with van der Waals surface area (Å²) < 4.78 is 5.30. The molecule has 0 atom stereocenters. The number of anilines is 2. The number of carbonyl (C=O) groups excluding carboxylic acids is 2. The van der Waals surface area contributed by atoms with Gasteiger partial charge in [0, 0.05) is 36.6 Å². The van der Waals surface area contributed by atoms with E-state index in [1.54, 1.807) is 18.2 Å². The first-order chi connectivity index (χ1) is 13.9. The van der Waals surface area contributed by atoms with Gasteiger partial charge in [-0.25, -0.2) is 4.98 Å². The highest BCUT2D eigenvalue weighted by Crippen LogP contribution is 2.37. The first kappa shape index (κ1) is 20.5. The molecule has 2 amide bonds. The third kappa shape index (κ3) is 5.39. The largest absolute Gasteiger partial charge is 0.495 e. The van der Waals surface area contributed by atoms with Crippen molar-refractivity contribution >= 4 is 34.0 Å². The number of methoxy groups -OCH3 is 1.